The molecule has 1 aliphatic rings. The number of halogens is 1. The number of carbonyl (C=O) groups excluding carboxylic acids is 2. The minimum Gasteiger partial charge on any atom is -0.348 e. The van der Waals surface area contributed by atoms with Crippen molar-refractivity contribution in [3.8, 4) is 6.07 Å². The Hall–Kier alpha value is -3.18. The molecule has 0 atom stereocenters. The van der Waals surface area contributed by atoms with E-state index in [1.807, 2.05) is 6.07 Å². The molecule has 28 heavy (non-hydrogen) atoms. The van der Waals surface area contributed by atoms with Crippen LogP contribution in [0.15, 0.2) is 36.7 Å². The van der Waals surface area contributed by atoms with E-state index in [0.29, 0.717) is 17.5 Å². The molecule has 0 saturated carbocycles. The molecule has 144 valence electrons. The van der Waals surface area contributed by atoms with E-state index in [2.05, 4.69) is 25.5 Å². The Morgan fingerprint density at radius 2 is 1.93 bits per heavy atom. The van der Waals surface area contributed by atoms with Crippen molar-refractivity contribution in [3.05, 3.63) is 47.2 Å². The fraction of sp³-hybridized carbons (Fsp3) is 0.316. The number of aromatic nitrogens is 2. The van der Waals surface area contributed by atoms with E-state index in [4.69, 9.17) is 16.9 Å². The second kappa shape index (κ2) is 9.15. The zero-order chi connectivity index (χ0) is 19.9. The van der Waals surface area contributed by atoms with Gasteiger partial charge >= 0.3 is 11.8 Å². The van der Waals surface area contributed by atoms with Crippen molar-refractivity contribution >= 4 is 35.1 Å². The number of anilines is 2. The van der Waals surface area contributed by atoms with Crippen molar-refractivity contribution in [1.29, 1.82) is 5.26 Å². The van der Waals surface area contributed by atoms with Gasteiger partial charge in [0.1, 0.15) is 6.07 Å². The molecule has 9 heteroatoms. The molecule has 0 spiro atoms. The van der Waals surface area contributed by atoms with Gasteiger partial charge in [0.2, 0.25) is 5.95 Å². The van der Waals surface area contributed by atoms with E-state index < -0.39 is 11.8 Å². The van der Waals surface area contributed by atoms with E-state index in [-0.39, 0.29) is 17.2 Å². The predicted octanol–water partition coefficient (Wildman–Crippen LogP) is 1.97. The normalized spacial score (nSPS) is 14.2. The number of amides is 2. The molecule has 1 fully saturated rings. The van der Waals surface area contributed by atoms with Gasteiger partial charge in [0, 0.05) is 37.1 Å². The average molecular weight is 399 g/mol. The summed E-state index contributed by atoms with van der Waals surface area (Å²) < 4.78 is 0. The number of nitriles is 1. The second-order valence-corrected chi connectivity index (χ2v) is 6.88. The summed E-state index contributed by atoms with van der Waals surface area (Å²) in [5.41, 5.74) is 0.451. The number of benzene rings is 1. The summed E-state index contributed by atoms with van der Waals surface area (Å²) in [7, 11) is 0. The molecule has 0 bridgehead atoms. The van der Waals surface area contributed by atoms with Crippen LogP contribution in [-0.4, -0.2) is 41.4 Å². The van der Waals surface area contributed by atoms with Crippen molar-refractivity contribution in [2.45, 2.75) is 12.8 Å². The van der Waals surface area contributed by atoms with Gasteiger partial charge < -0.3 is 15.5 Å². The summed E-state index contributed by atoms with van der Waals surface area (Å²) in [5.74, 6) is -0.580. The number of carbonyl (C=O) groups is 2. The van der Waals surface area contributed by atoms with Gasteiger partial charge in [-0.25, -0.2) is 9.97 Å². The number of nitrogens with zero attached hydrogens (tertiary/aromatic N) is 4. The number of nitrogens with one attached hydrogen (secondary N) is 2. The molecule has 3 rings (SSSR count). The number of hydrogen-bond donors (Lipinski definition) is 2. The molecular weight excluding hydrogens is 380 g/mol. The standard InChI is InChI=1S/C19H19ClN6O2/c20-15-3-2-14(11-21)16(10-15)25-18(28)17(27)24-12-13-4-8-26(9-5-13)19-22-6-1-7-23-19/h1-3,6-7,10,13H,4-5,8-9,12H2,(H,24,27)(H,25,28). The maximum atomic E-state index is 12.1. The molecule has 2 aromatic rings. The van der Waals surface area contributed by atoms with Gasteiger partial charge in [0.05, 0.1) is 11.3 Å². The van der Waals surface area contributed by atoms with Crippen LogP contribution in [0.25, 0.3) is 0 Å². The van der Waals surface area contributed by atoms with Gasteiger partial charge in [0.25, 0.3) is 0 Å². The monoisotopic (exact) mass is 398 g/mol. The molecule has 0 unspecified atom stereocenters. The van der Waals surface area contributed by atoms with Gasteiger partial charge in [-0.3, -0.25) is 9.59 Å². The van der Waals surface area contributed by atoms with Crippen LogP contribution in [0.3, 0.4) is 0 Å². The molecule has 1 aliphatic heterocycles. The first-order valence-electron chi connectivity index (χ1n) is 8.87. The van der Waals surface area contributed by atoms with Crippen molar-refractivity contribution in [1.82, 2.24) is 15.3 Å². The SMILES string of the molecule is N#Cc1ccc(Cl)cc1NC(=O)C(=O)NCC1CCN(c2ncccn2)CC1. The van der Waals surface area contributed by atoms with Crippen LogP contribution >= 0.6 is 11.6 Å². The van der Waals surface area contributed by atoms with Gasteiger partial charge in [-0.15, -0.1) is 0 Å². The third-order valence-electron chi connectivity index (χ3n) is 4.56. The molecule has 8 nitrogen and oxygen atoms in total. The lowest BCUT2D eigenvalue weighted by Gasteiger charge is -2.31. The highest BCUT2D eigenvalue weighted by Gasteiger charge is 2.23. The van der Waals surface area contributed by atoms with E-state index in [0.717, 1.165) is 25.9 Å². The van der Waals surface area contributed by atoms with Crippen LogP contribution < -0.4 is 15.5 Å². The Kier molecular flexibility index (Phi) is 6.40. The molecule has 1 aromatic heterocycles. The zero-order valence-electron chi connectivity index (χ0n) is 15.1. The first-order valence-corrected chi connectivity index (χ1v) is 9.25. The van der Waals surface area contributed by atoms with E-state index in [9.17, 15) is 9.59 Å². The second-order valence-electron chi connectivity index (χ2n) is 6.45. The summed E-state index contributed by atoms with van der Waals surface area (Å²) in [4.78, 5) is 34.8. The fourth-order valence-corrected chi connectivity index (χ4v) is 3.18. The molecule has 0 radical (unpaired) electrons. The number of hydrogen-bond acceptors (Lipinski definition) is 6. The van der Waals surface area contributed by atoms with E-state index >= 15 is 0 Å². The first-order chi connectivity index (χ1) is 13.6. The highest BCUT2D eigenvalue weighted by molar-refractivity contribution is 6.40. The lowest BCUT2D eigenvalue weighted by Crippen LogP contribution is -2.42. The molecule has 2 amide bonds. The summed E-state index contributed by atoms with van der Waals surface area (Å²) in [6, 6.07) is 8.19. The van der Waals surface area contributed by atoms with Crippen LogP contribution in [0.4, 0.5) is 11.6 Å². The van der Waals surface area contributed by atoms with Gasteiger partial charge in [0.15, 0.2) is 0 Å². The van der Waals surface area contributed by atoms with Crippen LogP contribution in [0, 0.1) is 17.2 Å². The molecular formula is C19H19ClN6O2. The number of rotatable bonds is 4. The quantitative estimate of drug-likeness (QED) is 0.762. The van der Waals surface area contributed by atoms with Gasteiger partial charge in [-0.1, -0.05) is 11.6 Å². The van der Waals surface area contributed by atoms with E-state index in [1.165, 1.54) is 12.1 Å². The summed E-state index contributed by atoms with van der Waals surface area (Å²) >= 11 is 5.88. The first kappa shape index (κ1) is 19.6. The highest BCUT2D eigenvalue weighted by Crippen LogP contribution is 2.21. The smallest absolute Gasteiger partial charge is 0.313 e. The average Bonchev–Trinajstić information content (AvgIpc) is 2.73. The fourth-order valence-electron chi connectivity index (χ4n) is 3.01. The minimum atomic E-state index is -0.825. The van der Waals surface area contributed by atoms with Crippen molar-refractivity contribution in [3.63, 3.8) is 0 Å². The van der Waals surface area contributed by atoms with Gasteiger partial charge in [-0.2, -0.15) is 5.26 Å². The topological polar surface area (TPSA) is 111 Å². The summed E-state index contributed by atoms with van der Waals surface area (Å²) in [6.45, 7) is 2.01. The van der Waals surface area contributed by atoms with Crippen molar-refractivity contribution in [2.24, 2.45) is 5.92 Å². The Balaban J connectivity index is 1.46. The maximum Gasteiger partial charge on any atom is 0.313 e. The van der Waals surface area contributed by atoms with Crippen molar-refractivity contribution in [2.75, 3.05) is 29.9 Å². The van der Waals surface area contributed by atoms with Crippen LogP contribution in [0.5, 0.6) is 0 Å². The highest BCUT2D eigenvalue weighted by atomic mass is 35.5. The van der Waals surface area contributed by atoms with Crippen LogP contribution in [-0.2, 0) is 9.59 Å². The molecule has 2 heterocycles. The zero-order valence-corrected chi connectivity index (χ0v) is 15.8. The predicted molar refractivity (Wildman–Crippen MR) is 105 cm³/mol. The Morgan fingerprint density at radius 1 is 1.21 bits per heavy atom. The van der Waals surface area contributed by atoms with E-state index in [1.54, 1.807) is 24.5 Å². The largest absolute Gasteiger partial charge is 0.348 e. The number of piperidine rings is 1. The molecule has 2 N–H and O–H groups in total. The lowest BCUT2D eigenvalue weighted by molar-refractivity contribution is -0.136. The van der Waals surface area contributed by atoms with Gasteiger partial charge in [-0.05, 0) is 43.0 Å². The van der Waals surface area contributed by atoms with Crippen LogP contribution in [0.2, 0.25) is 5.02 Å². The lowest BCUT2D eigenvalue weighted by atomic mass is 9.97. The molecule has 1 aromatic carbocycles. The third kappa shape index (κ3) is 4.96. The maximum absolute atomic E-state index is 12.1. The minimum absolute atomic E-state index is 0.214. The molecule has 0 aliphatic carbocycles. The molecule has 1 saturated heterocycles. The Morgan fingerprint density at radius 3 is 2.61 bits per heavy atom. The summed E-state index contributed by atoms with van der Waals surface area (Å²) in [6.07, 6.45) is 5.16. The summed E-state index contributed by atoms with van der Waals surface area (Å²) in [5, 5.41) is 14.5. The Labute approximate surface area is 167 Å². The third-order valence-corrected chi connectivity index (χ3v) is 4.79. The van der Waals surface area contributed by atoms with Crippen molar-refractivity contribution < 1.29 is 9.59 Å². The Bertz CT molecular complexity index is 891. The van der Waals surface area contributed by atoms with Crippen LogP contribution in [0.1, 0.15) is 18.4 Å².